The molecule has 3 rings (SSSR count). The molecule has 0 aromatic heterocycles. The summed E-state index contributed by atoms with van der Waals surface area (Å²) in [5.41, 5.74) is 1.78. The predicted molar refractivity (Wildman–Crippen MR) is 91.6 cm³/mol. The largest absolute Gasteiger partial charge is 0.315 e. The van der Waals surface area contributed by atoms with Gasteiger partial charge < -0.3 is 4.90 Å². The highest BCUT2D eigenvalue weighted by molar-refractivity contribution is 6.10. The minimum Gasteiger partial charge on any atom is -0.315 e. The maximum absolute atomic E-state index is 13.1. The monoisotopic (exact) mass is 329 g/mol. The first-order chi connectivity index (χ1) is 12.1. The van der Waals surface area contributed by atoms with Gasteiger partial charge in [-0.3, -0.25) is 9.59 Å². The summed E-state index contributed by atoms with van der Waals surface area (Å²) in [5, 5.41) is 18.8. The van der Waals surface area contributed by atoms with E-state index in [0.29, 0.717) is 16.8 Å². The SMILES string of the molecule is CN1C(=O)C(C(C(=O)c2ccccc2)C(C#N)C#N)c2ccccc21. The number of carbonyl (C=O) groups is 2. The summed E-state index contributed by atoms with van der Waals surface area (Å²) in [7, 11) is 1.64. The van der Waals surface area contributed by atoms with Gasteiger partial charge in [-0.15, -0.1) is 0 Å². The van der Waals surface area contributed by atoms with Crippen LogP contribution >= 0.6 is 0 Å². The van der Waals surface area contributed by atoms with Gasteiger partial charge in [-0.2, -0.15) is 10.5 Å². The van der Waals surface area contributed by atoms with Crippen LogP contribution in [0.25, 0.3) is 0 Å². The van der Waals surface area contributed by atoms with E-state index in [1.54, 1.807) is 55.6 Å². The van der Waals surface area contributed by atoms with Gasteiger partial charge in [0.05, 0.1) is 24.0 Å². The van der Waals surface area contributed by atoms with Crippen molar-refractivity contribution in [1.82, 2.24) is 0 Å². The number of rotatable bonds is 4. The highest BCUT2D eigenvalue weighted by Gasteiger charge is 2.47. The molecule has 5 nitrogen and oxygen atoms in total. The summed E-state index contributed by atoms with van der Waals surface area (Å²) in [4.78, 5) is 27.4. The minimum absolute atomic E-state index is 0.272. The van der Waals surface area contributed by atoms with E-state index in [-0.39, 0.29) is 11.7 Å². The number of fused-ring (bicyclic) bond motifs is 1. The Labute approximate surface area is 145 Å². The lowest BCUT2D eigenvalue weighted by Gasteiger charge is -2.22. The van der Waals surface area contributed by atoms with Gasteiger partial charge >= 0.3 is 0 Å². The zero-order chi connectivity index (χ0) is 18.0. The molecule has 122 valence electrons. The molecule has 0 radical (unpaired) electrons. The predicted octanol–water partition coefficient (Wildman–Crippen LogP) is 2.91. The Morgan fingerprint density at radius 2 is 1.64 bits per heavy atom. The second kappa shape index (κ2) is 6.59. The molecule has 2 unspecified atom stereocenters. The standard InChI is InChI=1S/C20H15N3O2/c1-23-16-10-6-5-9-15(16)18(20(23)25)17(14(11-21)12-22)19(24)13-7-3-2-4-8-13/h2-10,14,17-18H,1H3. The van der Waals surface area contributed by atoms with Gasteiger partial charge in [0, 0.05) is 18.3 Å². The summed E-state index contributed by atoms with van der Waals surface area (Å²) in [5.74, 6) is -3.72. The van der Waals surface area contributed by atoms with Crippen LogP contribution in [-0.4, -0.2) is 18.7 Å². The van der Waals surface area contributed by atoms with Crippen LogP contribution in [0.4, 0.5) is 5.69 Å². The topological polar surface area (TPSA) is 85.0 Å². The molecule has 25 heavy (non-hydrogen) atoms. The highest BCUT2D eigenvalue weighted by atomic mass is 16.2. The van der Waals surface area contributed by atoms with Crippen molar-refractivity contribution in [3.8, 4) is 12.1 Å². The summed E-state index contributed by atoms with van der Waals surface area (Å²) in [6.07, 6.45) is 0. The van der Waals surface area contributed by atoms with E-state index < -0.39 is 17.8 Å². The van der Waals surface area contributed by atoms with Gasteiger partial charge in [0.2, 0.25) is 5.91 Å². The molecule has 1 aliphatic rings. The number of likely N-dealkylation sites (N-methyl/N-ethyl adjacent to an activating group) is 1. The summed E-state index contributed by atoms with van der Waals surface area (Å²) in [6, 6.07) is 19.4. The zero-order valence-electron chi connectivity index (χ0n) is 13.6. The first-order valence-electron chi connectivity index (χ1n) is 7.85. The number of hydrogen-bond acceptors (Lipinski definition) is 4. The van der Waals surface area contributed by atoms with Crippen LogP contribution in [0.15, 0.2) is 54.6 Å². The zero-order valence-corrected chi connectivity index (χ0v) is 13.6. The summed E-state index contributed by atoms with van der Waals surface area (Å²) >= 11 is 0. The number of benzene rings is 2. The number of nitriles is 2. The second-order valence-electron chi connectivity index (χ2n) is 5.93. The molecule has 0 saturated heterocycles. The van der Waals surface area contributed by atoms with Crippen molar-refractivity contribution in [2.75, 3.05) is 11.9 Å². The Balaban J connectivity index is 2.14. The molecule has 0 aliphatic carbocycles. The van der Waals surface area contributed by atoms with Gasteiger partial charge in [0.25, 0.3) is 0 Å². The third-order valence-corrected chi connectivity index (χ3v) is 4.59. The number of Topliss-reactive ketones (excluding diaryl/α,β-unsaturated/α-hetero) is 1. The third-order valence-electron chi connectivity index (χ3n) is 4.59. The van der Waals surface area contributed by atoms with Crippen LogP contribution in [0, 0.1) is 34.5 Å². The number of nitrogens with zero attached hydrogens (tertiary/aromatic N) is 3. The number of anilines is 1. The fraction of sp³-hybridized carbons (Fsp3) is 0.200. The van der Waals surface area contributed by atoms with Crippen molar-refractivity contribution < 1.29 is 9.59 Å². The van der Waals surface area contributed by atoms with Crippen LogP contribution in [0.5, 0.6) is 0 Å². The minimum atomic E-state index is -1.21. The van der Waals surface area contributed by atoms with Crippen molar-refractivity contribution in [3.63, 3.8) is 0 Å². The molecule has 2 aromatic carbocycles. The first kappa shape index (κ1) is 16.4. The quantitative estimate of drug-likeness (QED) is 0.807. The molecule has 2 aromatic rings. The van der Waals surface area contributed by atoms with Crippen LogP contribution < -0.4 is 4.90 Å². The Morgan fingerprint density at radius 1 is 1.04 bits per heavy atom. The molecule has 1 aliphatic heterocycles. The number of hydrogen-bond donors (Lipinski definition) is 0. The van der Waals surface area contributed by atoms with Crippen molar-refractivity contribution in [1.29, 1.82) is 10.5 Å². The molecular weight excluding hydrogens is 314 g/mol. The fourth-order valence-electron chi connectivity index (χ4n) is 3.34. The lowest BCUT2D eigenvalue weighted by atomic mass is 9.75. The van der Waals surface area contributed by atoms with Crippen molar-refractivity contribution in [2.24, 2.45) is 11.8 Å². The second-order valence-corrected chi connectivity index (χ2v) is 5.93. The molecule has 5 heteroatoms. The average Bonchev–Trinajstić information content (AvgIpc) is 2.91. The van der Waals surface area contributed by atoms with Crippen LogP contribution in [0.1, 0.15) is 21.8 Å². The van der Waals surface area contributed by atoms with Crippen molar-refractivity contribution in [2.45, 2.75) is 5.92 Å². The van der Waals surface area contributed by atoms with E-state index in [1.807, 2.05) is 18.2 Å². The van der Waals surface area contributed by atoms with Gasteiger partial charge in [0.15, 0.2) is 5.78 Å². The van der Waals surface area contributed by atoms with Gasteiger partial charge in [-0.05, 0) is 11.6 Å². The molecule has 2 atom stereocenters. The average molecular weight is 329 g/mol. The van der Waals surface area contributed by atoms with E-state index in [0.717, 1.165) is 0 Å². The number of para-hydroxylation sites is 1. The lowest BCUT2D eigenvalue weighted by molar-refractivity contribution is -0.120. The van der Waals surface area contributed by atoms with Crippen LogP contribution in [0.2, 0.25) is 0 Å². The lowest BCUT2D eigenvalue weighted by Crippen LogP contribution is -2.35. The molecule has 0 spiro atoms. The molecule has 1 heterocycles. The van der Waals surface area contributed by atoms with E-state index in [4.69, 9.17) is 0 Å². The maximum atomic E-state index is 13.1. The fourth-order valence-corrected chi connectivity index (χ4v) is 3.34. The van der Waals surface area contributed by atoms with Crippen molar-refractivity contribution >= 4 is 17.4 Å². The highest BCUT2D eigenvalue weighted by Crippen LogP contribution is 2.43. The van der Waals surface area contributed by atoms with E-state index >= 15 is 0 Å². The number of carbonyl (C=O) groups excluding carboxylic acids is 2. The van der Waals surface area contributed by atoms with E-state index in [1.165, 1.54) is 4.90 Å². The summed E-state index contributed by atoms with van der Waals surface area (Å²) < 4.78 is 0. The molecule has 0 N–H and O–H groups in total. The number of ketones is 1. The molecule has 0 bridgehead atoms. The molecule has 0 saturated carbocycles. The van der Waals surface area contributed by atoms with Crippen molar-refractivity contribution in [3.05, 3.63) is 65.7 Å². The Morgan fingerprint density at radius 3 is 2.28 bits per heavy atom. The normalized spacial score (nSPS) is 16.9. The smallest absolute Gasteiger partial charge is 0.235 e. The Hall–Kier alpha value is -3.44. The molecule has 0 fully saturated rings. The molecular formula is C20H15N3O2. The van der Waals surface area contributed by atoms with Crippen LogP contribution in [-0.2, 0) is 4.79 Å². The van der Waals surface area contributed by atoms with Gasteiger partial charge in [0.1, 0.15) is 5.92 Å². The Bertz CT molecular complexity index is 895. The maximum Gasteiger partial charge on any atom is 0.235 e. The third kappa shape index (κ3) is 2.66. The van der Waals surface area contributed by atoms with Gasteiger partial charge in [-0.1, -0.05) is 48.5 Å². The van der Waals surface area contributed by atoms with E-state index in [2.05, 4.69) is 0 Å². The van der Waals surface area contributed by atoms with Crippen LogP contribution in [0.3, 0.4) is 0 Å². The first-order valence-corrected chi connectivity index (χ1v) is 7.85. The van der Waals surface area contributed by atoms with Gasteiger partial charge in [-0.25, -0.2) is 0 Å². The molecule has 1 amide bonds. The Kier molecular flexibility index (Phi) is 4.33. The van der Waals surface area contributed by atoms with E-state index in [9.17, 15) is 20.1 Å². The summed E-state index contributed by atoms with van der Waals surface area (Å²) in [6.45, 7) is 0. The number of amides is 1.